The Morgan fingerprint density at radius 1 is 1.19 bits per heavy atom. The van der Waals surface area contributed by atoms with Gasteiger partial charge >= 0.3 is 0 Å². The van der Waals surface area contributed by atoms with E-state index in [1.165, 1.54) is 0 Å². The van der Waals surface area contributed by atoms with E-state index in [9.17, 15) is 9.90 Å². The van der Waals surface area contributed by atoms with Gasteiger partial charge in [0.1, 0.15) is 0 Å². The molecule has 5 heteroatoms. The molecule has 0 spiro atoms. The average Bonchev–Trinajstić information content (AvgIpc) is 2.58. The fraction of sp³-hybridized carbons (Fsp3) is 0.125. The van der Waals surface area contributed by atoms with Crippen molar-refractivity contribution in [1.82, 2.24) is 0 Å². The molecule has 0 saturated carbocycles. The largest absolute Gasteiger partial charge is 0.364 e. The highest BCUT2D eigenvalue weighted by atomic mass is 35.5. The Bertz CT molecular complexity index is 738. The van der Waals surface area contributed by atoms with Crippen LogP contribution in [0, 0.1) is 6.92 Å². The van der Waals surface area contributed by atoms with Crippen LogP contribution in [0.3, 0.4) is 0 Å². The first-order valence-electron chi connectivity index (χ1n) is 6.48. The Kier molecular flexibility index (Phi) is 3.49. The molecule has 0 fully saturated rings. The standard InChI is InChI=1S/C16H13ClN2O2/c1-9-2-4-10(5-3-9)14-12-8-11(17)6-7-13(12)18-15(20)16(21)19-14/h2-8,16,21H,1H3,(H,18,20). The van der Waals surface area contributed by atoms with E-state index in [1.807, 2.05) is 31.2 Å². The van der Waals surface area contributed by atoms with Crippen LogP contribution in [-0.2, 0) is 4.79 Å². The van der Waals surface area contributed by atoms with E-state index >= 15 is 0 Å². The van der Waals surface area contributed by atoms with Crippen molar-refractivity contribution in [1.29, 1.82) is 0 Å². The maximum absolute atomic E-state index is 11.8. The monoisotopic (exact) mass is 300 g/mol. The molecule has 0 radical (unpaired) electrons. The molecular formula is C16H13ClN2O2. The van der Waals surface area contributed by atoms with E-state index in [0.29, 0.717) is 22.0 Å². The van der Waals surface area contributed by atoms with Crippen molar-refractivity contribution in [2.24, 2.45) is 4.99 Å². The normalized spacial score (nSPS) is 17.6. The van der Waals surface area contributed by atoms with Crippen LogP contribution < -0.4 is 5.32 Å². The molecule has 0 bridgehead atoms. The van der Waals surface area contributed by atoms with Gasteiger partial charge in [-0.05, 0) is 25.1 Å². The molecule has 1 heterocycles. The first-order chi connectivity index (χ1) is 10.0. The second-order valence-corrected chi connectivity index (χ2v) is 5.33. The van der Waals surface area contributed by atoms with Crippen molar-refractivity contribution >= 4 is 28.9 Å². The van der Waals surface area contributed by atoms with Crippen molar-refractivity contribution in [2.45, 2.75) is 13.2 Å². The van der Waals surface area contributed by atoms with Gasteiger partial charge < -0.3 is 10.4 Å². The zero-order chi connectivity index (χ0) is 15.0. The number of anilines is 1. The van der Waals surface area contributed by atoms with E-state index in [4.69, 9.17) is 11.6 Å². The van der Waals surface area contributed by atoms with E-state index in [-0.39, 0.29) is 0 Å². The number of halogens is 1. The van der Waals surface area contributed by atoms with Crippen LogP contribution in [0.15, 0.2) is 47.5 Å². The summed E-state index contributed by atoms with van der Waals surface area (Å²) in [6.07, 6.45) is -1.44. The molecular weight excluding hydrogens is 288 g/mol. The van der Waals surface area contributed by atoms with Crippen LogP contribution in [0.2, 0.25) is 5.02 Å². The molecule has 1 atom stereocenters. The summed E-state index contributed by atoms with van der Waals surface area (Å²) in [5.41, 5.74) is 3.75. The first-order valence-corrected chi connectivity index (χ1v) is 6.86. The molecule has 21 heavy (non-hydrogen) atoms. The van der Waals surface area contributed by atoms with Gasteiger partial charge in [0.05, 0.1) is 11.4 Å². The van der Waals surface area contributed by atoms with Crippen molar-refractivity contribution in [3.63, 3.8) is 0 Å². The summed E-state index contributed by atoms with van der Waals surface area (Å²) in [7, 11) is 0. The van der Waals surface area contributed by atoms with Crippen LogP contribution >= 0.6 is 11.6 Å². The number of fused-ring (bicyclic) bond motifs is 1. The second-order valence-electron chi connectivity index (χ2n) is 4.90. The summed E-state index contributed by atoms with van der Waals surface area (Å²) in [6.45, 7) is 1.99. The highest BCUT2D eigenvalue weighted by molar-refractivity contribution is 6.32. The summed E-state index contributed by atoms with van der Waals surface area (Å²) < 4.78 is 0. The molecule has 0 aromatic heterocycles. The van der Waals surface area contributed by atoms with Crippen molar-refractivity contribution < 1.29 is 9.90 Å². The topological polar surface area (TPSA) is 61.7 Å². The molecule has 106 valence electrons. The predicted octanol–water partition coefficient (Wildman–Crippen LogP) is 2.76. The molecule has 1 aliphatic rings. The lowest BCUT2D eigenvalue weighted by atomic mass is 10.00. The molecule has 2 aromatic carbocycles. The quantitative estimate of drug-likeness (QED) is 0.850. The van der Waals surface area contributed by atoms with Gasteiger partial charge in [-0.15, -0.1) is 0 Å². The average molecular weight is 301 g/mol. The number of benzodiazepines with no additional fused rings is 1. The lowest BCUT2D eigenvalue weighted by molar-refractivity contribution is -0.123. The number of amides is 1. The number of carbonyl (C=O) groups excluding carboxylic acids is 1. The number of aryl methyl sites for hydroxylation is 1. The van der Waals surface area contributed by atoms with Crippen molar-refractivity contribution in [3.8, 4) is 0 Å². The Morgan fingerprint density at radius 3 is 2.62 bits per heavy atom. The summed E-state index contributed by atoms with van der Waals surface area (Å²) >= 11 is 6.05. The molecule has 1 amide bonds. The van der Waals surface area contributed by atoms with Gasteiger partial charge in [-0.25, -0.2) is 4.99 Å². The van der Waals surface area contributed by atoms with Gasteiger partial charge in [0.25, 0.3) is 5.91 Å². The van der Waals surface area contributed by atoms with Crippen LogP contribution in [0.4, 0.5) is 5.69 Å². The molecule has 2 aromatic rings. The Morgan fingerprint density at radius 2 is 1.90 bits per heavy atom. The molecule has 0 aliphatic carbocycles. The first kappa shape index (κ1) is 13.8. The Labute approximate surface area is 127 Å². The second kappa shape index (κ2) is 5.31. The molecule has 1 unspecified atom stereocenters. The molecule has 0 saturated heterocycles. The van der Waals surface area contributed by atoms with E-state index < -0.39 is 12.1 Å². The number of benzene rings is 2. The Hall–Kier alpha value is -2.17. The number of nitrogens with one attached hydrogen (secondary N) is 1. The van der Waals surface area contributed by atoms with Crippen LogP contribution in [0.1, 0.15) is 16.7 Å². The van der Waals surface area contributed by atoms with E-state index in [0.717, 1.165) is 11.1 Å². The van der Waals surface area contributed by atoms with Crippen LogP contribution in [0.25, 0.3) is 0 Å². The number of nitrogens with zero attached hydrogens (tertiary/aromatic N) is 1. The molecule has 4 nitrogen and oxygen atoms in total. The fourth-order valence-corrected chi connectivity index (χ4v) is 2.38. The zero-order valence-corrected chi connectivity index (χ0v) is 12.1. The summed E-state index contributed by atoms with van der Waals surface area (Å²) in [5, 5.41) is 13.0. The maximum atomic E-state index is 11.8. The van der Waals surface area contributed by atoms with Gasteiger partial charge in [-0.2, -0.15) is 0 Å². The van der Waals surface area contributed by atoms with Gasteiger partial charge in [0.2, 0.25) is 6.23 Å². The lowest BCUT2D eigenvalue weighted by Crippen LogP contribution is -2.24. The molecule has 1 aliphatic heterocycles. The minimum absolute atomic E-state index is 0.540. The SMILES string of the molecule is Cc1ccc(C2=NC(O)C(=O)Nc3ccc(Cl)cc32)cc1. The minimum Gasteiger partial charge on any atom is -0.364 e. The number of carbonyl (C=O) groups is 1. The Balaban J connectivity index is 2.21. The maximum Gasteiger partial charge on any atom is 0.276 e. The summed E-state index contributed by atoms with van der Waals surface area (Å²) in [5.74, 6) is -0.555. The van der Waals surface area contributed by atoms with Gasteiger partial charge in [-0.1, -0.05) is 41.4 Å². The lowest BCUT2D eigenvalue weighted by Gasteiger charge is -2.10. The highest BCUT2D eigenvalue weighted by Crippen LogP contribution is 2.27. The summed E-state index contributed by atoms with van der Waals surface area (Å²) in [6, 6.07) is 12.8. The third-order valence-electron chi connectivity index (χ3n) is 3.31. The predicted molar refractivity (Wildman–Crippen MR) is 82.9 cm³/mol. The number of aliphatic hydroxyl groups is 1. The zero-order valence-electron chi connectivity index (χ0n) is 11.3. The third-order valence-corrected chi connectivity index (χ3v) is 3.54. The van der Waals surface area contributed by atoms with Crippen molar-refractivity contribution in [3.05, 3.63) is 64.2 Å². The number of hydrogen-bond donors (Lipinski definition) is 2. The van der Waals surface area contributed by atoms with Crippen LogP contribution in [-0.4, -0.2) is 23.0 Å². The summed E-state index contributed by atoms with van der Waals surface area (Å²) in [4.78, 5) is 15.9. The van der Waals surface area contributed by atoms with Gasteiger partial charge in [0, 0.05) is 16.1 Å². The van der Waals surface area contributed by atoms with E-state index in [1.54, 1.807) is 18.2 Å². The number of hydrogen-bond acceptors (Lipinski definition) is 3. The smallest absolute Gasteiger partial charge is 0.276 e. The third kappa shape index (κ3) is 2.68. The van der Waals surface area contributed by atoms with Gasteiger partial charge in [-0.3, -0.25) is 4.79 Å². The fourth-order valence-electron chi connectivity index (χ4n) is 2.21. The van der Waals surface area contributed by atoms with E-state index in [2.05, 4.69) is 10.3 Å². The molecule has 2 N–H and O–H groups in total. The molecule has 3 rings (SSSR count). The minimum atomic E-state index is -1.44. The highest BCUT2D eigenvalue weighted by Gasteiger charge is 2.24. The van der Waals surface area contributed by atoms with Crippen molar-refractivity contribution in [2.75, 3.05) is 5.32 Å². The van der Waals surface area contributed by atoms with Crippen LogP contribution in [0.5, 0.6) is 0 Å². The number of aliphatic imine (C=N–C) groups is 1. The number of aliphatic hydroxyl groups excluding tert-OH is 1. The number of rotatable bonds is 1. The van der Waals surface area contributed by atoms with Gasteiger partial charge in [0.15, 0.2) is 0 Å².